The van der Waals surface area contributed by atoms with Crippen LogP contribution in [-0.2, 0) is 11.0 Å². The van der Waals surface area contributed by atoms with Gasteiger partial charge >= 0.3 is 6.18 Å². The van der Waals surface area contributed by atoms with Crippen LogP contribution in [0.5, 0.6) is 0 Å². The molecule has 3 heterocycles. The summed E-state index contributed by atoms with van der Waals surface area (Å²) in [6.45, 7) is 0. The number of rotatable bonds is 4. The van der Waals surface area contributed by atoms with Crippen LogP contribution in [0.4, 0.5) is 24.7 Å². The van der Waals surface area contributed by atoms with Gasteiger partial charge in [0.25, 0.3) is 17.6 Å². The number of pyridine rings is 1. The zero-order valence-corrected chi connectivity index (χ0v) is 17.8. The van der Waals surface area contributed by atoms with E-state index in [1.807, 2.05) is 0 Å². The first kappa shape index (κ1) is 21.9. The molecular formula is C23H20F3N5O3. The number of alkyl halides is 3. The summed E-state index contributed by atoms with van der Waals surface area (Å²) in [5.41, 5.74) is 5.26. The lowest BCUT2D eigenvalue weighted by atomic mass is 9.89. The molecule has 34 heavy (non-hydrogen) atoms. The van der Waals surface area contributed by atoms with Gasteiger partial charge in [0.1, 0.15) is 11.5 Å². The van der Waals surface area contributed by atoms with E-state index in [2.05, 4.69) is 10.3 Å². The zero-order valence-electron chi connectivity index (χ0n) is 17.8. The van der Waals surface area contributed by atoms with Crippen molar-refractivity contribution < 1.29 is 27.6 Å². The molecule has 1 saturated carbocycles. The number of nitrogens with one attached hydrogen (secondary N) is 1. The molecule has 0 radical (unpaired) electrons. The molecule has 176 valence electrons. The minimum absolute atomic E-state index is 0.0575. The molecule has 1 aliphatic heterocycles. The number of Topliss-reactive ketones (excluding diaryl/α,β-unsaturated/α-hetero) is 1. The number of nitrogens with two attached hydrogens (primary N) is 1. The second-order valence-corrected chi connectivity index (χ2v) is 8.48. The number of halogens is 3. The third-order valence-electron chi connectivity index (χ3n) is 6.40. The molecule has 1 aromatic carbocycles. The van der Waals surface area contributed by atoms with Gasteiger partial charge in [-0.2, -0.15) is 13.2 Å². The third kappa shape index (κ3) is 3.57. The average molecular weight is 471 g/mol. The van der Waals surface area contributed by atoms with Gasteiger partial charge < -0.3 is 16.0 Å². The Kier molecular flexibility index (Phi) is 5.07. The van der Waals surface area contributed by atoms with Crippen LogP contribution in [0.25, 0.3) is 5.65 Å². The van der Waals surface area contributed by atoms with Crippen molar-refractivity contribution in [1.82, 2.24) is 9.38 Å². The number of hydrogen-bond acceptors (Lipinski definition) is 5. The average Bonchev–Trinajstić information content (AvgIpc) is 3.35. The van der Waals surface area contributed by atoms with Crippen molar-refractivity contribution in [3.05, 3.63) is 59.4 Å². The maximum Gasteiger partial charge on any atom is 0.434 e. The van der Waals surface area contributed by atoms with E-state index in [1.54, 1.807) is 12.1 Å². The zero-order chi connectivity index (χ0) is 24.2. The van der Waals surface area contributed by atoms with Crippen molar-refractivity contribution in [2.45, 2.75) is 43.9 Å². The summed E-state index contributed by atoms with van der Waals surface area (Å²) in [6, 6.07) is 8.99. The van der Waals surface area contributed by atoms with Crippen molar-refractivity contribution in [1.29, 1.82) is 0 Å². The second-order valence-electron chi connectivity index (χ2n) is 8.48. The van der Waals surface area contributed by atoms with Crippen molar-refractivity contribution in [3.8, 4) is 0 Å². The first-order valence-electron chi connectivity index (χ1n) is 10.8. The predicted molar refractivity (Wildman–Crippen MR) is 117 cm³/mol. The Morgan fingerprint density at radius 1 is 1.06 bits per heavy atom. The SMILES string of the molecule is NC(=O)c1cccc2c1N(C1CCC(Nc3cccc4nc(C(F)(F)F)cn34)CC1)C(=O)C2=O. The highest BCUT2D eigenvalue weighted by molar-refractivity contribution is 6.53. The number of fused-ring (bicyclic) bond motifs is 2. The van der Waals surface area contributed by atoms with Gasteiger partial charge in [-0.15, -0.1) is 0 Å². The number of hydrogen-bond donors (Lipinski definition) is 2. The lowest BCUT2D eigenvalue weighted by molar-refractivity contribution is -0.140. The van der Waals surface area contributed by atoms with Crippen molar-refractivity contribution in [2.24, 2.45) is 5.73 Å². The number of anilines is 2. The van der Waals surface area contributed by atoms with Gasteiger partial charge in [-0.1, -0.05) is 12.1 Å². The smallest absolute Gasteiger partial charge is 0.368 e. The molecule has 5 rings (SSSR count). The van der Waals surface area contributed by atoms with Gasteiger partial charge in [0.2, 0.25) is 0 Å². The largest absolute Gasteiger partial charge is 0.434 e. The van der Waals surface area contributed by atoms with E-state index in [0.717, 1.165) is 6.20 Å². The van der Waals surface area contributed by atoms with Crippen LogP contribution in [0.15, 0.2) is 42.6 Å². The van der Waals surface area contributed by atoms with Gasteiger partial charge in [-0.05, 0) is 49.9 Å². The van der Waals surface area contributed by atoms with Crippen molar-refractivity contribution >= 4 is 34.8 Å². The number of ketones is 1. The first-order chi connectivity index (χ1) is 16.1. The van der Waals surface area contributed by atoms with Gasteiger partial charge in [0.05, 0.1) is 16.8 Å². The molecule has 0 bridgehead atoms. The van der Waals surface area contributed by atoms with Gasteiger partial charge in [0, 0.05) is 18.3 Å². The number of nitrogens with zero attached hydrogens (tertiary/aromatic N) is 3. The molecule has 0 spiro atoms. The highest BCUT2D eigenvalue weighted by Gasteiger charge is 2.43. The lowest BCUT2D eigenvalue weighted by Gasteiger charge is -2.35. The van der Waals surface area contributed by atoms with Crippen LogP contribution < -0.4 is 16.0 Å². The molecule has 0 unspecified atom stereocenters. The summed E-state index contributed by atoms with van der Waals surface area (Å²) in [6.07, 6.45) is -1.29. The Balaban J connectivity index is 1.34. The fourth-order valence-corrected chi connectivity index (χ4v) is 4.81. The fraction of sp³-hybridized carbons (Fsp3) is 0.304. The normalized spacial score (nSPS) is 20.6. The van der Waals surface area contributed by atoms with Crippen molar-refractivity contribution in [3.63, 3.8) is 0 Å². The monoisotopic (exact) mass is 471 g/mol. The topological polar surface area (TPSA) is 110 Å². The van der Waals surface area contributed by atoms with Crippen LogP contribution in [0, 0.1) is 0 Å². The Labute approximate surface area is 191 Å². The molecule has 0 atom stereocenters. The van der Waals surface area contributed by atoms with E-state index in [-0.39, 0.29) is 34.5 Å². The minimum atomic E-state index is -4.54. The van der Waals surface area contributed by atoms with E-state index in [4.69, 9.17) is 5.73 Å². The van der Waals surface area contributed by atoms with E-state index < -0.39 is 29.5 Å². The predicted octanol–water partition coefficient (Wildman–Crippen LogP) is 3.40. The van der Waals surface area contributed by atoms with E-state index in [9.17, 15) is 27.6 Å². The molecule has 3 aromatic rings. The number of para-hydroxylation sites is 1. The summed E-state index contributed by atoms with van der Waals surface area (Å²) in [5, 5.41) is 3.28. The van der Waals surface area contributed by atoms with Crippen LogP contribution in [0.2, 0.25) is 0 Å². The number of primary amides is 1. The highest BCUT2D eigenvalue weighted by atomic mass is 19.4. The molecule has 8 nitrogen and oxygen atoms in total. The molecule has 3 N–H and O–H groups in total. The van der Waals surface area contributed by atoms with E-state index >= 15 is 0 Å². The minimum Gasteiger partial charge on any atom is -0.368 e. The molecule has 1 aliphatic carbocycles. The van der Waals surface area contributed by atoms with Gasteiger partial charge in [-0.25, -0.2) is 4.98 Å². The van der Waals surface area contributed by atoms with Crippen molar-refractivity contribution in [2.75, 3.05) is 10.2 Å². The van der Waals surface area contributed by atoms with Gasteiger partial charge in [-0.3, -0.25) is 18.8 Å². The summed E-state index contributed by atoms with van der Waals surface area (Å²) >= 11 is 0. The Hall–Kier alpha value is -3.89. The quantitative estimate of drug-likeness (QED) is 0.567. The number of aromatic nitrogens is 2. The summed E-state index contributed by atoms with van der Waals surface area (Å²) in [7, 11) is 0. The maximum absolute atomic E-state index is 13.1. The first-order valence-corrected chi connectivity index (χ1v) is 10.8. The molecule has 11 heteroatoms. The third-order valence-corrected chi connectivity index (χ3v) is 6.40. The fourth-order valence-electron chi connectivity index (χ4n) is 4.81. The molecule has 2 aliphatic rings. The molecule has 0 saturated heterocycles. The molecule has 1 fully saturated rings. The number of carbonyl (C=O) groups is 3. The number of amides is 2. The van der Waals surface area contributed by atoms with E-state index in [0.29, 0.717) is 31.5 Å². The second kappa shape index (κ2) is 7.86. The lowest BCUT2D eigenvalue weighted by Crippen LogP contribution is -2.44. The van der Waals surface area contributed by atoms with Crippen LogP contribution in [0.1, 0.15) is 52.1 Å². The Morgan fingerprint density at radius 2 is 1.76 bits per heavy atom. The van der Waals surface area contributed by atoms with E-state index in [1.165, 1.54) is 33.6 Å². The molecular weight excluding hydrogens is 451 g/mol. The number of carbonyl (C=O) groups excluding carboxylic acids is 3. The standard InChI is InChI=1S/C23H20F3N5O3/c24-23(25,26)16-11-30-17(5-2-6-18(30)29-16)28-12-7-9-13(10-8-12)31-19-14(20(32)22(31)34)3-1-4-15(19)21(27)33/h1-6,11-13,28H,7-10H2,(H2,27,33). The molecule has 2 amide bonds. The Morgan fingerprint density at radius 3 is 2.44 bits per heavy atom. The van der Waals surface area contributed by atoms with Crippen LogP contribution in [0.3, 0.4) is 0 Å². The number of benzene rings is 1. The number of imidazole rings is 1. The van der Waals surface area contributed by atoms with Crippen LogP contribution >= 0.6 is 0 Å². The summed E-state index contributed by atoms with van der Waals surface area (Å²) in [5.74, 6) is -1.57. The Bertz CT molecular complexity index is 1330. The highest BCUT2D eigenvalue weighted by Crippen LogP contribution is 2.38. The maximum atomic E-state index is 13.1. The van der Waals surface area contributed by atoms with Crippen LogP contribution in [-0.4, -0.2) is 39.1 Å². The summed E-state index contributed by atoms with van der Waals surface area (Å²) in [4.78, 5) is 42.2. The molecule has 2 aromatic heterocycles. The van der Waals surface area contributed by atoms with Gasteiger partial charge in [0.15, 0.2) is 5.69 Å². The summed E-state index contributed by atoms with van der Waals surface area (Å²) < 4.78 is 40.6.